The third-order valence-electron chi connectivity index (χ3n) is 4.77. The van der Waals surface area contributed by atoms with Crippen molar-refractivity contribution in [2.24, 2.45) is 0 Å². The summed E-state index contributed by atoms with van der Waals surface area (Å²) in [6.07, 6.45) is 1.46. The van der Waals surface area contributed by atoms with Crippen LogP contribution in [0.1, 0.15) is 31.9 Å². The first-order chi connectivity index (χ1) is 15.2. The van der Waals surface area contributed by atoms with Gasteiger partial charge in [0.2, 0.25) is 0 Å². The SMILES string of the molecule is COc1cc(C=C2C(=O)NC(=S)NC2=O)ccc1OCCOc1ccc(C(C)(C)C)cc1. The summed E-state index contributed by atoms with van der Waals surface area (Å²) in [5.41, 5.74) is 1.90. The third kappa shape index (κ3) is 5.85. The first-order valence-corrected chi connectivity index (χ1v) is 10.5. The Morgan fingerprint density at radius 3 is 2.12 bits per heavy atom. The Kier molecular flexibility index (Phi) is 7.15. The molecule has 2 aromatic rings. The zero-order chi connectivity index (χ0) is 23.3. The molecule has 0 bridgehead atoms. The number of thiocarbonyl (C=S) groups is 1. The summed E-state index contributed by atoms with van der Waals surface area (Å²) >= 11 is 4.80. The Hall–Kier alpha value is -3.39. The molecule has 3 rings (SSSR count). The minimum atomic E-state index is -0.550. The lowest BCUT2D eigenvalue weighted by molar-refractivity contribution is -0.123. The van der Waals surface area contributed by atoms with Crippen LogP contribution in [0.15, 0.2) is 48.0 Å². The zero-order valence-corrected chi connectivity index (χ0v) is 19.3. The van der Waals surface area contributed by atoms with Crippen molar-refractivity contribution in [1.29, 1.82) is 0 Å². The molecule has 1 heterocycles. The molecule has 0 saturated carbocycles. The van der Waals surface area contributed by atoms with Gasteiger partial charge in [-0.25, -0.2) is 0 Å². The number of ether oxygens (including phenoxy) is 3. The summed E-state index contributed by atoms with van der Waals surface area (Å²) in [5.74, 6) is 0.677. The number of benzene rings is 2. The van der Waals surface area contributed by atoms with E-state index in [-0.39, 0.29) is 16.1 Å². The molecule has 2 amide bonds. The van der Waals surface area contributed by atoms with E-state index >= 15 is 0 Å². The van der Waals surface area contributed by atoms with E-state index in [0.717, 1.165) is 5.75 Å². The molecular weight excluding hydrogens is 428 g/mol. The summed E-state index contributed by atoms with van der Waals surface area (Å²) in [5, 5.41) is 4.79. The molecule has 32 heavy (non-hydrogen) atoms. The van der Waals surface area contributed by atoms with Crippen LogP contribution >= 0.6 is 12.2 Å². The van der Waals surface area contributed by atoms with Gasteiger partial charge in [-0.15, -0.1) is 0 Å². The predicted octanol–water partition coefficient (Wildman–Crippen LogP) is 3.36. The molecule has 0 atom stereocenters. The van der Waals surface area contributed by atoms with Crippen molar-refractivity contribution in [2.45, 2.75) is 26.2 Å². The molecule has 1 saturated heterocycles. The van der Waals surface area contributed by atoms with Gasteiger partial charge in [0.05, 0.1) is 7.11 Å². The normalized spacial score (nSPS) is 13.9. The monoisotopic (exact) mass is 454 g/mol. The molecule has 1 fully saturated rings. The molecule has 0 aromatic heterocycles. The van der Waals surface area contributed by atoms with E-state index < -0.39 is 11.8 Å². The van der Waals surface area contributed by atoms with Gasteiger partial charge >= 0.3 is 0 Å². The molecule has 0 radical (unpaired) electrons. The number of carbonyl (C=O) groups is 2. The summed E-state index contributed by atoms with van der Waals surface area (Å²) < 4.78 is 16.9. The van der Waals surface area contributed by atoms with Crippen molar-refractivity contribution in [3.63, 3.8) is 0 Å². The van der Waals surface area contributed by atoms with Gasteiger partial charge in [-0.2, -0.15) is 0 Å². The highest BCUT2D eigenvalue weighted by Crippen LogP contribution is 2.29. The number of carbonyl (C=O) groups excluding carboxylic acids is 2. The van der Waals surface area contributed by atoms with E-state index in [2.05, 4.69) is 43.5 Å². The first-order valence-electron chi connectivity index (χ1n) is 10.1. The van der Waals surface area contributed by atoms with Crippen molar-refractivity contribution in [2.75, 3.05) is 20.3 Å². The van der Waals surface area contributed by atoms with Gasteiger partial charge in [-0.1, -0.05) is 39.0 Å². The van der Waals surface area contributed by atoms with Crippen LogP contribution in [0, 0.1) is 0 Å². The second kappa shape index (κ2) is 9.82. The van der Waals surface area contributed by atoms with Crippen LogP contribution in [0.3, 0.4) is 0 Å². The van der Waals surface area contributed by atoms with Crippen molar-refractivity contribution < 1.29 is 23.8 Å². The molecule has 1 aliphatic rings. The van der Waals surface area contributed by atoms with Crippen LogP contribution in [0.4, 0.5) is 0 Å². The molecule has 0 spiro atoms. The summed E-state index contributed by atoms with van der Waals surface area (Å²) in [6.45, 7) is 7.18. The van der Waals surface area contributed by atoms with Crippen LogP contribution in [-0.2, 0) is 15.0 Å². The number of amides is 2. The van der Waals surface area contributed by atoms with E-state index in [1.807, 2.05) is 12.1 Å². The van der Waals surface area contributed by atoms with Crippen molar-refractivity contribution in [1.82, 2.24) is 10.6 Å². The number of rotatable bonds is 7. The first kappa shape index (κ1) is 23.3. The standard InChI is InChI=1S/C24H26N2O5S/c1-24(2,3)16-6-8-17(9-7-16)30-11-12-31-19-10-5-15(14-20(19)29-4)13-18-21(27)25-23(32)26-22(18)28/h5-10,13-14H,11-12H2,1-4H3,(H2,25,26,27,28,32). The smallest absolute Gasteiger partial charge is 0.263 e. The minimum absolute atomic E-state index is 0.00848. The molecule has 1 aliphatic heterocycles. The lowest BCUT2D eigenvalue weighted by atomic mass is 9.87. The highest BCUT2D eigenvalue weighted by Gasteiger charge is 2.25. The summed E-state index contributed by atoms with van der Waals surface area (Å²) in [7, 11) is 1.52. The Morgan fingerprint density at radius 1 is 0.906 bits per heavy atom. The number of nitrogens with one attached hydrogen (secondary N) is 2. The van der Waals surface area contributed by atoms with E-state index in [1.165, 1.54) is 18.7 Å². The molecule has 0 unspecified atom stereocenters. The average molecular weight is 455 g/mol. The van der Waals surface area contributed by atoms with E-state index in [9.17, 15) is 9.59 Å². The van der Waals surface area contributed by atoms with E-state index in [1.54, 1.807) is 18.2 Å². The zero-order valence-electron chi connectivity index (χ0n) is 18.5. The van der Waals surface area contributed by atoms with Gasteiger partial charge in [0.25, 0.3) is 11.8 Å². The molecule has 2 aromatic carbocycles. The molecule has 8 heteroatoms. The molecule has 168 valence electrons. The van der Waals surface area contributed by atoms with Gasteiger partial charge in [0.15, 0.2) is 16.6 Å². The second-order valence-corrected chi connectivity index (χ2v) is 8.59. The lowest BCUT2D eigenvalue weighted by Gasteiger charge is -2.19. The quantitative estimate of drug-likeness (QED) is 0.289. The maximum absolute atomic E-state index is 12.0. The van der Waals surface area contributed by atoms with Crippen LogP contribution in [0.25, 0.3) is 6.08 Å². The van der Waals surface area contributed by atoms with Crippen molar-refractivity contribution in [3.8, 4) is 17.2 Å². The lowest BCUT2D eigenvalue weighted by Crippen LogP contribution is -2.51. The fourth-order valence-corrected chi connectivity index (χ4v) is 3.21. The molecule has 7 nitrogen and oxygen atoms in total. The topological polar surface area (TPSA) is 85.9 Å². The van der Waals surface area contributed by atoms with Gasteiger partial charge < -0.3 is 14.2 Å². The van der Waals surface area contributed by atoms with E-state index in [4.69, 9.17) is 26.4 Å². The molecule has 2 N–H and O–H groups in total. The Bertz CT molecular complexity index is 1030. The highest BCUT2D eigenvalue weighted by molar-refractivity contribution is 7.80. The Morgan fingerprint density at radius 2 is 1.53 bits per heavy atom. The highest BCUT2D eigenvalue weighted by atomic mass is 32.1. The van der Waals surface area contributed by atoms with Gasteiger partial charge in [-0.3, -0.25) is 20.2 Å². The van der Waals surface area contributed by atoms with Crippen molar-refractivity contribution >= 4 is 35.2 Å². The van der Waals surface area contributed by atoms with Gasteiger partial charge in [0, 0.05) is 0 Å². The third-order valence-corrected chi connectivity index (χ3v) is 4.98. The largest absolute Gasteiger partial charge is 0.493 e. The summed E-state index contributed by atoms with van der Waals surface area (Å²) in [6, 6.07) is 13.2. The summed E-state index contributed by atoms with van der Waals surface area (Å²) in [4.78, 5) is 24.0. The van der Waals surface area contributed by atoms with Gasteiger partial charge in [-0.05, 0) is 59.1 Å². The van der Waals surface area contributed by atoms with Crippen LogP contribution < -0.4 is 24.8 Å². The number of methoxy groups -OCH3 is 1. The molecule has 0 aliphatic carbocycles. The number of hydrogen-bond donors (Lipinski definition) is 2. The van der Waals surface area contributed by atoms with Crippen molar-refractivity contribution in [3.05, 3.63) is 59.2 Å². The molecular formula is C24H26N2O5S. The van der Waals surface area contributed by atoms with Crippen LogP contribution in [0.5, 0.6) is 17.2 Å². The minimum Gasteiger partial charge on any atom is -0.493 e. The van der Waals surface area contributed by atoms with Crippen LogP contribution in [0.2, 0.25) is 0 Å². The Balaban J connectivity index is 1.59. The second-order valence-electron chi connectivity index (χ2n) is 8.18. The van der Waals surface area contributed by atoms with E-state index in [0.29, 0.717) is 30.3 Å². The Labute approximate surface area is 192 Å². The van der Waals surface area contributed by atoms with Gasteiger partial charge in [0.1, 0.15) is 24.5 Å². The average Bonchev–Trinajstić information content (AvgIpc) is 2.74. The fourth-order valence-electron chi connectivity index (χ4n) is 3.03. The maximum Gasteiger partial charge on any atom is 0.263 e. The fraction of sp³-hybridized carbons (Fsp3) is 0.292. The van der Waals surface area contributed by atoms with Crippen LogP contribution in [-0.4, -0.2) is 37.3 Å². The maximum atomic E-state index is 12.0. The predicted molar refractivity (Wildman–Crippen MR) is 126 cm³/mol. The number of hydrogen-bond acceptors (Lipinski definition) is 6.